The van der Waals surface area contributed by atoms with E-state index in [-0.39, 0.29) is 23.0 Å². The molecule has 1 aromatic rings. The van der Waals surface area contributed by atoms with Gasteiger partial charge in [0.25, 0.3) is 0 Å². The summed E-state index contributed by atoms with van der Waals surface area (Å²) in [5.74, 6) is 0.0462. The van der Waals surface area contributed by atoms with Crippen molar-refractivity contribution in [2.75, 3.05) is 20.8 Å². The Labute approximate surface area is 132 Å². The lowest BCUT2D eigenvalue weighted by molar-refractivity contribution is -0.277. The molecular formula is C14H20O9. The van der Waals surface area contributed by atoms with Gasteiger partial charge in [0, 0.05) is 12.1 Å². The van der Waals surface area contributed by atoms with Crippen molar-refractivity contribution in [3.8, 4) is 23.0 Å². The summed E-state index contributed by atoms with van der Waals surface area (Å²) in [4.78, 5) is 0. The van der Waals surface area contributed by atoms with Crippen LogP contribution in [0.4, 0.5) is 0 Å². The zero-order valence-electron chi connectivity index (χ0n) is 12.6. The first-order valence-corrected chi connectivity index (χ1v) is 6.85. The van der Waals surface area contributed by atoms with Crippen LogP contribution in [0.1, 0.15) is 0 Å². The number of aliphatic hydroxyl groups excluding tert-OH is 4. The molecular weight excluding hydrogens is 312 g/mol. The number of methoxy groups -OCH3 is 2. The molecule has 130 valence electrons. The lowest BCUT2D eigenvalue weighted by atomic mass is 9.99. The molecule has 0 bridgehead atoms. The highest BCUT2D eigenvalue weighted by Crippen LogP contribution is 2.40. The van der Waals surface area contributed by atoms with Crippen LogP contribution in [0.5, 0.6) is 23.0 Å². The van der Waals surface area contributed by atoms with Crippen LogP contribution >= 0.6 is 0 Å². The molecule has 1 saturated heterocycles. The van der Waals surface area contributed by atoms with E-state index in [4.69, 9.17) is 24.1 Å². The van der Waals surface area contributed by atoms with Gasteiger partial charge in [-0.05, 0) is 0 Å². The number of aromatic hydroxyl groups is 1. The fraction of sp³-hybridized carbons (Fsp3) is 0.571. The summed E-state index contributed by atoms with van der Waals surface area (Å²) in [6.07, 6.45) is -6.99. The van der Waals surface area contributed by atoms with E-state index in [0.29, 0.717) is 0 Å². The van der Waals surface area contributed by atoms with Gasteiger partial charge in [0.1, 0.15) is 30.2 Å². The molecule has 1 aromatic carbocycles. The monoisotopic (exact) mass is 332 g/mol. The van der Waals surface area contributed by atoms with Crippen molar-refractivity contribution >= 4 is 0 Å². The van der Waals surface area contributed by atoms with Gasteiger partial charge in [-0.2, -0.15) is 0 Å². The molecule has 9 heteroatoms. The maximum absolute atomic E-state index is 9.94. The van der Waals surface area contributed by atoms with Crippen molar-refractivity contribution in [2.24, 2.45) is 0 Å². The predicted molar refractivity (Wildman–Crippen MR) is 75.6 cm³/mol. The Morgan fingerprint density at radius 1 is 1.00 bits per heavy atom. The molecule has 5 atom stereocenters. The Bertz CT molecular complexity index is 508. The normalized spacial score (nSPS) is 30.8. The van der Waals surface area contributed by atoms with Crippen LogP contribution in [0.3, 0.4) is 0 Å². The van der Waals surface area contributed by atoms with Crippen molar-refractivity contribution in [1.82, 2.24) is 0 Å². The minimum atomic E-state index is -1.55. The number of aliphatic hydroxyl groups is 4. The van der Waals surface area contributed by atoms with Gasteiger partial charge in [-0.3, -0.25) is 0 Å². The van der Waals surface area contributed by atoms with Crippen LogP contribution in [0.15, 0.2) is 12.1 Å². The molecule has 1 heterocycles. The van der Waals surface area contributed by atoms with Gasteiger partial charge in [-0.15, -0.1) is 0 Å². The number of phenols is 1. The lowest BCUT2D eigenvalue weighted by Gasteiger charge is -2.39. The number of rotatable bonds is 5. The van der Waals surface area contributed by atoms with Crippen LogP contribution in [0.25, 0.3) is 0 Å². The number of hydrogen-bond donors (Lipinski definition) is 5. The Hall–Kier alpha value is -1.78. The first kappa shape index (κ1) is 17.6. The number of ether oxygens (including phenoxy) is 4. The Morgan fingerprint density at radius 2 is 1.57 bits per heavy atom. The number of hydrogen-bond acceptors (Lipinski definition) is 9. The summed E-state index contributed by atoms with van der Waals surface area (Å²) in [5.41, 5.74) is 0. The van der Waals surface area contributed by atoms with E-state index in [1.54, 1.807) is 0 Å². The molecule has 0 amide bonds. The van der Waals surface area contributed by atoms with Gasteiger partial charge in [-0.1, -0.05) is 0 Å². The predicted octanol–water partition coefficient (Wildman–Crippen LogP) is -1.41. The second kappa shape index (κ2) is 7.20. The molecule has 0 unspecified atom stereocenters. The van der Waals surface area contributed by atoms with Crippen LogP contribution in [-0.2, 0) is 4.74 Å². The van der Waals surface area contributed by atoms with Crippen LogP contribution in [0.2, 0.25) is 0 Å². The molecule has 0 spiro atoms. The average molecular weight is 332 g/mol. The molecule has 0 saturated carbocycles. The minimum Gasteiger partial charge on any atom is -0.502 e. The summed E-state index contributed by atoms with van der Waals surface area (Å²) >= 11 is 0. The highest BCUT2D eigenvalue weighted by atomic mass is 16.7. The van der Waals surface area contributed by atoms with Gasteiger partial charge >= 0.3 is 0 Å². The van der Waals surface area contributed by atoms with Gasteiger partial charge in [0.05, 0.1) is 20.8 Å². The average Bonchev–Trinajstić information content (AvgIpc) is 2.56. The Kier molecular flexibility index (Phi) is 5.50. The zero-order valence-corrected chi connectivity index (χ0v) is 12.6. The van der Waals surface area contributed by atoms with Crippen molar-refractivity contribution in [3.63, 3.8) is 0 Å². The fourth-order valence-electron chi connectivity index (χ4n) is 2.24. The third-order valence-corrected chi connectivity index (χ3v) is 3.55. The topological polar surface area (TPSA) is 138 Å². The quantitative estimate of drug-likeness (QED) is 0.440. The first-order valence-electron chi connectivity index (χ1n) is 6.85. The van der Waals surface area contributed by atoms with Crippen molar-refractivity contribution in [3.05, 3.63) is 12.1 Å². The molecule has 9 nitrogen and oxygen atoms in total. The van der Waals surface area contributed by atoms with Crippen LogP contribution in [0, 0.1) is 0 Å². The number of benzene rings is 1. The van der Waals surface area contributed by atoms with Crippen LogP contribution in [-0.4, -0.2) is 77.1 Å². The molecule has 5 N–H and O–H groups in total. The maximum atomic E-state index is 9.94. The minimum absolute atomic E-state index is 0.0731. The lowest BCUT2D eigenvalue weighted by Crippen LogP contribution is -2.60. The summed E-state index contributed by atoms with van der Waals surface area (Å²) < 4.78 is 20.6. The summed E-state index contributed by atoms with van der Waals surface area (Å²) in [6.45, 7) is -0.562. The molecule has 2 rings (SSSR count). The van der Waals surface area contributed by atoms with Gasteiger partial charge in [-0.25, -0.2) is 0 Å². The highest BCUT2D eigenvalue weighted by molar-refractivity contribution is 5.54. The third-order valence-electron chi connectivity index (χ3n) is 3.55. The van der Waals surface area contributed by atoms with E-state index in [0.717, 1.165) is 0 Å². The highest BCUT2D eigenvalue weighted by Gasteiger charge is 2.44. The molecule has 1 aliphatic heterocycles. The molecule has 0 aromatic heterocycles. The smallest absolute Gasteiger partial charge is 0.229 e. The second-order valence-corrected chi connectivity index (χ2v) is 4.99. The van der Waals surface area contributed by atoms with Gasteiger partial charge in [0.2, 0.25) is 12.0 Å². The number of phenolic OH excluding ortho intramolecular Hbond substituents is 1. The van der Waals surface area contributed by atoms with E-state index >= 15 is 0 Å². The third kappa shape index (κ3) is 3.43. The van der Waals surface area contributed by atoms with E-state index in [9.17, 15) is 20.4 Å². The molecule has 23 heavy (non-hydrogen) atoms. The standard InChI is InChI=1S/C14H20O9/c1-20-7-3-6(4-8(21-2)10(7)16)22-14-13(19)12(18)11(17)9(5-15)23-14/h3-4,9,11-19H,5H2,1-2H3/t9-,11-,12-,13-,14-/m1/s1. The van der Waals surface area contributed by atoms with Crippen LogP contribution < -0.4 is 14.2 Å². The zero-order chi connectivity index (χ0) is 17.1. The molecule has 0 radical (unpaired) electrons. The molecule has 0 aliphatic carbocycles. The first-order chi connectivity index (χ1) is 10.9. The summed E-state index contributed by atoms with van der Waals surface area (Å²) in [7, 11) is 2.68. The van der Waals surface area contributed by atoms with E-state index in [2.05, 4.69) is 0 Å². The molecule has 1 aliphatic rings. The maximum Gasteiger partial charge on any atom is 0.229 e. The second-order valence-electron chi connectivity index (χ2n) is 4.99. The van der Waals surface area contributed by atoms with Crippen molar-refractivity contribution in [2.45, 2.75) is 30.7 Å². The Morgan fingerprint density at radius 3 is 2.04 bits per heavy atom. The van der Waals surface area contributed by atoms with Gasteiger partial charge in [0.15, 0.2) is 11.5 Å². The summed E-state index contributed by atoms with van der Waals surface area (Å²) in [5, 5.41) is 48.4. The van der Waals surface area contributed by atoms with E-state index in [1.165, 1.54) is 26.4 Å². The SMILES string of the molecule is COc1cc(O[C@@H]2O[C@H](CO)[C@@H](O)[C@@H](O)[C@H]2O)cc(OC)c1O. The van der Waals surface area contributed by atoms with E-state index < -0.39 is 37.3 Å². The molecule has 1 fully saturated rings. The van der Waals surface area contributed by atoms with E-state index in [1.807, 2.05) is 0 Å². The van der Waals surface area contributed by atoms with Gasteiger partial charge < -0.3 is 44.5 Å². The largest absolute Gasteiger partial charge is 0.502 e. The summed E-state index contributed by atoms with van der Waals surface area (Å²) in [6, 6.07) is 2.67. The Balaban J connectivity index is 2.24. The van der Waals surface area contributed by atoms with Crippen molar-refractivity contribution < 1.29 is 44.5 Å². The van der Waals surface area contributed by atoms with Crippen molar-refractivity contribution in [1.29, 1.82) is 0 Å². The fourth-order valence-corrected chi connectivity index (χ4v) is 2.24.